The second-order valence-corrected chi connectivity index (χ2v) is 14.8. The van der Waals surface area contributed by atoms with Crippen molar-refractivity contribution < 1.29 is 18.3 Å². The third kappa shape index (κ3) is 15.1. The molecule has 2 saturated heterocycles. The van der Waals surface area contributed by atoms with E-state index in [1.807, 2.05) is 72.8 Å². The van der Waals surface area contributed by atoms with Crippen LogP contribution in [0.1, 0.15) is 37.2 Å². The van der Waals surface area contributed by atoms with E-state index in [1.54, 1.807) is 18.7 Å². The predicted molar refractivity (Wildman–Crippen MR) is 234 cm³/mol. The fourth-order valence-electron chi connectivity index (χ4n) is 6.11. The lowest BCUT2D eigenvalue weighted by Crippen LogP contribution is -2.25. The number of ether oxygens (including phenoxy) is 2. The molecular weight excluding hydrogens is 815 g/mol. The number of hydrogen-bond donors (Lipinski definition) is 4. The molecule has 0 aliphatic carbocycles. The Hall–Kier alpha value is -5.25. The summed E-state index contributed by atoms with van der Waals surface area (Å²) in [7, 11) is 0. The zero-order chi connectivity index (χ0) is 41.1. The van der Waals surface area contributed by atoms with Crippen LogP contribution in [-0.2, 0) is 13.1 Å². The number of aromatic nitrogens is 4. The summed E-state index contributed by atoms with van der Waals surface area (Å²) in [5.74, 6) is 4.85. The van der Waals surface area contributed by atoms with Crippen molar-refractivity contribution in [1.29, 1.82) is 0 Å². The van der Waals surface area contributed by atoms with E-state index in [2.05, 4.69) is 45.7 Å². The fraction of sp³-hybridized carbons (Fsp3) is 0.333. The van der Waals surface area contributed by atoms with Crippen molar-refractivity contribution in [2.75, 3.05) is 74.2 Å². The van der Waals surface area contributed by atoms with Gasteiger partial charge < -0.3 is 40.0 Å². The summed E-state index contributed by atoms with van der Waals surface area (Å²) in [6.45, 7) is 9.30. The van der Waals surface area contributed by atoms with Gasteiger partial charge in [-0.1, -0.05) is 23.2 Å². The van der Waals surface area contributed by atoms with Gasteiger partial charge in [-0.25, -0.2) is 9.97 Å². The maximum Gasteiger partial charge on any atom is 0.229 e. The van der Waals surface area contributed by atoms with Gasteiger partial charge in [-0.3, -0.25) is 9.80 Å². The molecule has 14 nitrogen and oxygen atoms in total. The molecule has 4 aromatic heterocycles. The van der Waals surface area contributed by atoms with Gasteiger partial charge in [0.05, 0.1) is 38.0 Å². The van der Waals surface area contributed by atoms with Crippen molar-refractivity contribution in [2.45, 2.75) is 38.8 Å². The summed E-state index contributed by atoms with van der Waals surface area (Å²) < 4.78 is 21.9. The van der Waals surface area contributed by atoms with Crippen LogP contribution >= 0.6 is 34.8 Å². The van der Waals surface area contributed by atoms with E-state index in [-0.39, 0.29) is 5.28 Å². The highest BCUT2D eigenvalue weighted by Crippen LogP contribution is 2.24. The second kappa shape index (κ2) is 23.4. The number of halogens is 3. The highest BCUT2D eigenvalue weighted by atomic mass is 35.5. The first-order valence-corrected chi connectivity index (χ1v) is 20.7. The molecule has 5 N–H and O–H groups in total. The smallest absolute Gasteiger partial charge is 0.229 e. The van der Waals surface area contributed by atoms with Crippen LogP contribution in [0.2, 0.25) is 15.3 Å². The molecule has 2 fully saturated rings. The normalized spacial score (nSPS) is 13.8. The van der Waals surface area contributed by atoms with Crippen LogP contribution in [0.4, 0.5) is 29.0 Å². The summed E-state index contributed by atoms with van der Waals surface area (Å²) in [5.41, 5.74) is 7.24. The summed E-state index contributed by atoms with van der Waals surface area (Å²) in [4.78, 5) is 21.2. The largest absolute Gasteiger partial charge is 0.492 e. The van der Waals surface area contributed by atoms with Gasteiger partial charge in [0.1, 0.15) is 52.1 Å². The van der Waals surface area contributed by atoms with E-state index in [9.17, 15) is 0 Å². The minimum absolute atomic E-state index is 0.154. The second-order valence-electron chi connectivity index (χ2n) is 13.6. The predicted octanol–water partition coefficient (Wildman–Crippen LogP) is 9.29. The van der Waals surface area contributed by atoms with E-state index in [1.165, 1.54) is 58.1 Å². The number of furan rings is 2. The Morgan fingerprint density at radius 3 is 1.63 bits per heavy atom. The summed E-state index contributed by atoms with van der Waals surface area (Å²) in [5, 5.41) is 10.4. The molecular formula is C42H49Cl3N10O4. The number of nitrogen functional groups attached to an aromatic ring is 1. The highest BCUT2D eigenvalue weighted by Gasteiger charge is 2.12. The van der Waals surface area contributed by atoms with Gasteiger partial charge in [0.25, 0.3) is 0 Å². The average Bonchev–Trinajstić information content (AvgIpc) is 4.11. The molecule has 8 rings (SSSR count). The van der Waals surface area contributed by atoms with E-state index >= 15 is 0 Å². The van der Waals surface area contributed by atoms with Crippen LogP contribution in [0.25, 0.3) is 0 Å². The molecule has 6 aromatic rings. The maximum absolute atomic E-state index is 6.19. The van der Waals surface area contributed by atoms with E-state index in [0.29, 0.717) is 47.3 Å². The van der Waals surface area contributed by atoms with Crippen LogP contribution in [0.15, 0.2) is 107 Å². The molecule has 0 atom stereocenters. The first-order valence-electron chi connectivity index (χ1n) is 19.5. The Labute approximate surface area is 359 Å². The Morgan fingerprint density at radius 2 is 1.12 bits per heavy atom. The molecule has 0 unspecified atom stereocenters. The first kappa shape index (κ1) is 43.3. The zero-order valence-electron chi connectivity index (χ0n) is 32.7. The average molecular weight is 864 g/mol. The third-order valence-corrected chi connectivity index (χ3v) is 9.95. The zero-order valence-corrected chi connectivity index (χ0v) is 34.9. The highest BCUT2D eigenvalue weighted by molar-refractivity contribution is 6.33. The van der Waals surface area contributed by atoms with Crippen LogP contribution in [0, 0.1) is 0 Å². The van der Waals surface area contributed by atoms with Crippen molar-refractivity contribution in [1.82, 2.24) is 29.7 Å². The van der Waals surface area contributed by atoms with Crippen LogP contribution in [0.5, 0.6) is 11.5 Å². The lowest BCUT2D eigenvalue weighted by Gasteiger charge is -2.15. The van der Waals surface area contributed by atoms with Gasteiger partial charge in [0.15, 0.2) is 5.82 Å². The number of nitrogens with two attached hydrogens (primary N) is 1. The van der Waals surface area contributed by atoms with Crippen molar-refractivity contribution in [3.8, 4) is 11.5 Å². The van der Waals surface area contributed by atoms with Crippen LogP contribution in [-0.4, -0.2) is 82.2 Å². The lowest BCUT2D eigenvalue weighted by molar-refractivity contribution is 0.237. The summed E-state index contributed by atoms with van der Waals surface area (Å²) >= 11 is 17.7. The standard InChI is InChI=1S/C21H24ClN5O2.C12H18N2O.C9H7Cl2N3O/c22-19-15-24-21(26-20(19)23-14-18-4-3-12-28-18)25-16-5-7-17(8-6-16)29-13-11-27-9-1-2-10-27;13-11-3-5-12(6-4-11)15-10-9-14-7-1-2-8-14;10-7-5-13-9(11)14-8(7)12-4-6-2-1-3-15-6/h3-8,12,15H,1-2,9-11,13-14H2,(H2,23,24,25,26);3-6H,1-2,7-10,13H2;1-3,5H,4H2,(H,12,13,14). The SMILES string of the molecule is Clc1cnc(Nc2ccc(OCCN3CCCC3)cc2)nc1NCc1ccco1.Clc1ncc(Cl)c(NCc2ccco2)n1.Nc1ccc(OCCN2CCCC2)cc1. The number of nitrogens with zero attached hydrogens (tertiary/aromatic N) is 6. The Bertz CT molecular complexity index is 2080. The lowest BCUT2D eigenvalue weighted by atomic mass is 10.3. The van der Waals surface area contributed by atoms with Gasteiger partial charge in [0.2, 0.25) is 11.2 Å². The molecule has 59 heavy (non-hydrogen) atoms. The summed E-state index contributed by atoms with van der Waals surface area (Å²) in [6.07, 6.45) is 11.5. The van der Waals surface area contributed by atoms with Gasteiger partial charge in [-0.05, 0) is 136 Å². The number of likely N-dealkylation sites (tertiary alicyclic amines) is 2. The number of benzene rings is 2. The first-order chi connectivity index (χ1) is 28.9. The molecule has 0 spiro atoms. The number of hydrogen-bond acceptors (Lipinski definition) is 14. The maximum atomic E-state index is 6.19. The quantitative estimate of drug-likeness (QED) is 0.0537. The Kier molecular flexibility index (Phi) is 17.2. The van der Waals surface area contributed by atoms with Gasteiger partial charge in [-0.15, -0.1) is 0 Å². The molecule has 2 aromatic carbocycles. The number of anilines is 5. The molecule has 2 aliphatic rings. The minimum atomic E-state index is 0.154. The van der Waals surface area contributed by atoms with Crippen molar-refractivity contribution in [3.05, 3.63) is 125 Å². The monoisotopic (exact) mass is 862 g/mol. The van der Waals surface area contributed by atoms with E-state index < -0.39 is 0 Å². The van der Waals surface area contributed by atoms with Crippen molar-refractivity contribution in [2.24, 2.45) is 0 Å². The Balaban J connectivity index is 0.000000164. The molecule has 2 aliphatic heterocycles. The van der Waals surface area contributed by atoms with E-state index in [4.69, 9.17) is 58.8 Å². The topological polar surface area (TPSA) is 165 Å². The van der Waals surface area contributed by atoms with Gasteiger partial charge in [-0.2, -0.15) is 9.97 Å². The molecule has 17 heteroatoms. The summed E-state index contributed by atoms with van der Waals surface area (Å²) in [6, 6.07) is 22.7. The van der Waals surface area contributed by atoms with Gasteiger partial charge in [0, 0.05) is 24.5 Å². The Morgan fingerprint density at radius 1 is 0.627 bits per heavy atom. The fourth-order valence-corrected chi connectivity index (χ4v) is 6.56. The molecule has 312 valence electrons. The number of rotatable bonds is 16. The van der Waals surface area contributed by atoms with Crippen LogP contribution < -0.4 is 31.2 Å². The van der Waals surface area contributed by atoms with Crippen molar-refractivity contribution in [3.63, 3.8) is 0 Å². The van der Waals surface area contributed by atoms with Crippen molar-refractivity contribution >= 4 is 63.8 Å². The number of nitrogens with one attached hydrogen (secondary N) is 3. The molecule has 0 radical (unpaired) electrons. The van der Waals surface area contributed by atoms with Crippen LogP contribution in [0.3, 0.4) is 0 Å². The molecule has 6 heterocycles. The molecule has 0 bridgehead atoms. The van der Waals surface area contributed by atoms with Gasteiger partial charge >= 0.3 is 0 Å². The molecule has 0 saturated carbocycles. The minimum Gasteiger partial charge on any atom is -0.492 e. The third-order valence-electron chi connectivity index (χ3n) is 9.22. The van der Waals surface area contributed by atoms with E-state index in [0.717, 1.165) is 54.1 Å². The molecule has 0 amide bonds.